The van der Waals surface area contributed by atoms with E-state index in [1.807, 2.05) is 0 Å². The summed E-state index contributed by atoms with van der Waals surface area (Å²) in [5, 5.41) is 0. The van der Waals surface area contributed by atoms with Crippen LogP contribution in [0.1, 0.15) is 0 Å². The Bertz CT molecular complexity index is 1270. The molecule has 0 aromatic heterocycles. The summed E-state index contributed by atoms with van der Waals surface area (Å²) >= 11 is -7.58. The van der Waals surface area contributed by atoms with Crippen molar-refractivity contribution in [3.05, 3.63) is 182 Å². The van der Waals surface area contributed by atoms with Gasteiger partial charge in [-0.15, -0.1) is 0 Å². The Morgan fingerprint density at radius 1 is 0.231 bits per heavy atom. The second kappa shape index (κ2) is 11.6. The third-order valence-corrected chi connectivity index (χ3v) is 29.8. The normalized spacial score (nSPS) is 11.7. The standard InChI is InChI=1S/C36H30Ge2O/c1-7-19-31(20-8-1)37(32-21-9-2-10-22-32,33-23-11-3-12-24-33)39-38(34-25-13-4-14-26-34,35-27-15-5-16-28-35)36-29-17-6-18-30-36/h1-30H. The summed E-state index contributed by atoms with van der Waals surface area (Å²) in [6, 6.07) is 66.0. The van der Waals surface area contributed by atoms with Crippen molar-refractivity contribution in [1.29, 1.82) is 0 Å². The van der Waals surface area contributed by atoms with Crippen LogP contribution >= 0.6 is 0 Å². The molecule has 0 bridgehead atoms. The molecule has 0 heterocycles. The molecule has 3 heteroatoms. The summed E-state index contributed by atoms with van der Waals surface area (Å²) in [5.41, 5.74) is 0. The fourth-order valence-electron chi connectivity index (χ4n) is 5.62. The van der Waals surface area contributed by atoms with Crippen LogP contribution in [-0.2, 0) is 2.79 Å². The molecule has 0 saturated carbocycles. The van der Waals surface area contributed by atoms with E-state index in [1.165, 1.54) is 26.4 Å². The first-order valence-electron chi connectivity index (χ1n) is 13.4. The summed E-state index contributed by atoms with van der Waals surface area (Å²) in [4.78, 5) is 0. The third kappa shape index (κ3) is 4.83. The molecule has 6 rings (SSSR count). The second-order valence-corrected chi connectivity index (χ2v) is 25.3. The SMILES string of the molecule is c1cc[c]([Ge]([O][Ge]([c]2ccccc2)([c]2ccccc2)[c]2ccccc2)([c]2ccccc2)[c]2ccccc2)cc1. The van der Waals surface area contributed by atoms with Crippen LogP contribution in [0.2, 0.25) is 0 Å². The second-order valence-electron chi connectivity index (χ2n) is 9.66. The van der Waals surface area contributed by atoms with Crippen molar-refractivity contribution in [1.82, 2.24) is 0 Å². The summed E-state index contributed by atoms with van der Waals surface area (Å²) in [6.45, 7) is 0. The zero-order valence-corrected chi connectivity index (χ0v) is 25.9. The molecule has 0 amide bonds. The van der Waals surface area contributed by atoms with Crippen molar-refractivity contribution in [2.24, 2.45) is 0 Å². The molecule has 0 saturated heterocycles. The molecule has 1 nitrogen and oxygen atoms in total. The molecule has 6 aromatic carbocycles. The summed E-state index contributed by atoms with van der Waals surface area (Å²) in [6.07, 6.45) is 0. The molecular formula is C36H30Ge2O. The summed E-state index contributed by atoms with van der Waals surface area (Å²) in [5.74, 6) is 0. The quantitative estimate of drug-likeness (QED) is 0.230. The van der Waals surface area contributed by atoms with Gasteiger partial charge in [-0.3, -0.25) is 0 Å². The molecule has 0 atom stereocenters. The van der Waals surface area contributed by atoms with Gasteiger partial charge in [0, 0.05) is 0 Å². The zero-order chi connectivity index (χ0) is 26.4. The van der Waals surface area contributed by atoms with E-state index < -0.39 is 27.2 Å². The Balaban J connectivity index is 1.76. The van der Waals surface area contributed by atoms with Crippen LogP contribution in [0.4, 0.5) is 0 Å². The van der Waals surface area contributed by atoms with Gasteiger partial charge < -0.3 is 0 Å². The van der Waals surface area contributed by atoms with E-state index in [0.29, 0.717) is 0 Å². The maximum atomic E-state index is 8.32. The molecule has 0 aliphatic heterocycles. The van der Waals surface area contributed by atoms with E-state index in [4.69, 9.17) is 2.79 Å². The van der Waals surface area contributed by atoms with Crippen molar-refractivity contribution in [3.8, 4) is 0 Å². The summed E-state index contributed by atoms with van der Waals surface area (Å²) < 4.78 is 16.1. The zero-order valence-electron chi connectivity index (χ0n) is 21.7. The third-order valence-electron chi connectivity index (χ3n) is 7.39. The average molecular weight is 624 g/mol. The Labute approximate surface area is 237 Å². The Morgan fingerprint density at radius 2 is 0.385 bits per heavy atom. The van der Waals surface area contributed by atoms with Gasteiger partial charge in [0.2, 0.25) is 0 Å². The van der Waals surface area contributed by atoms with Crippen LogP contribution in [-0.4, -0.2) is 27.2 Å². The molecule has 0 unspecified atom stereocenters. The molecular weight excluding hydrogens is 594 g/mol. The van der Waals surface area contributed by atoms with E-state index in [9.17, 15) is 0 Å². The molecule has 0 fully saturated rings. The number of hydrogen-bond donors (Lipinski definition) is 0. The van der Waals surface area contributed by atoms with Gasteiger partial charge in [-0.2, -0.15) is 0 Å². The molecule has 188 valence electrons. The van der Waals surface area contributed by atoms with Crippen LogP contribution in [0.3, 0.4) is 0 Å². The van der Waals surface area contributed by atoms with Gasteiger partial charge in [0.15, 0.2) is 0 Å². The van der Waals surface area contributed by atoms with E-state index in [0.717, 1.165) is 0 Å². The van der Waals surface area contributed by atoms with Gasteiger partial charge in [-0.05, 0) is 0 Å². The van der Waals surface area contributed by atoms with Crippen molar-refractivity contribution < 1.29 is 2.79 Å². The fourth-order valence-corrected chi connectivity index (χ4v) is 33.3. The fraction of sp³-hybridized carbons (Fsp3) is 0. The van der Waals surface area contributed by atoms with Gasteiger partial charge in [0.25, 0.3) is 0 Å². The molecule has 39 heavy (non-hydrogen) atoms. The van der Waals surface area contributed by atoms with Crippen LogP contribution in [0.25, 0.3) is 0 Å². The molecule has 0 aliphatic rings. The van der Waals surface area contributed by atoms with Crippen LogP contribution < -0.4 is 26.4 Å². The first-order valence-corrected chi connectivity index (χ1v) is 21.4. The topological polar surface area (TPSA) is 9.23 Å². The van der Waals surface area contributed by atoms with E-state index in [1.54, 1.807) is 0 Å². The van der Waals surface area contributed by atoms with Gasteiger partial charge >= 0.3 is 238 Å². The van der Waals surface area contributed by atoms with Crippen molar-refractivity contribution >= 4 is 53.6 Å². The van der Waals surface area contributed by atoms with Crippen molar-refractivity contribution in [3.63, 3.8) is 0 Å². The van der Waals surface area contributed by atoms with Gasteiger partial charge in [0.1, 0.15) is 0 Å². The monoisotopic (exact) mass is 626 g/mol. The van der Waals surface area contributed by atoms with Gasteiger partial charge in [0.05, 0.1) is 0 Å². The van der Waals surface area contributed by atoms with Gasteiger partial charge in [-0.25, -0.2) is 0 Å². The number of benzene rings is 6. The first-order chi connectivity index (χ1) is 19.3. The van der Waals surface area contributed by atoms with Gasteiger partial charge in [-0.1, -0.05) is 0 Å². The predicted octanol–water partition coefficient (Wildman–Crippen LogP) is 4.34. The minimum absolute atomic E-state index is 1.30. The van der Waals surface area contributed by atoms with Crippen LogP contribution in [0.15, 0.2) is 182 Å². The van der Waals surface area contributed by atoms with E-state index in [-0.39, 0.29) is 0 Å². The molecule has 0 N–H and O–H groups in total. The Hall–Kier alpha value is -3.63. The van der Waals surface area contributed by atoms with Crippen molar-refractivity contribution in [2.75, 3.05) is 0 Å². The van der Waals surface area contributed by atoms with E-state index in [2.05, 4.69) is 182 Å². The Morgan fingerprint density at radius 3 is 0.538 bits per heavy atom. The number of hydrogen-bond acceptors (Lipinski definition) is 1. The molecule has 0 radical (unpaired) electrons. The van der Waals surface area contributed by atoms with Crippen LogP contribution in [0, 0.1) is 0 Å². The van der Waals surface area contributed by atoms with E-state index >= 15 is 0 Å². The molecule has 0 spiro atoms. The average Bonchev–Trinajstić information content (AvgIpc) is 3.04. The minimum atomic E-state index is -3.79. The summed E-state index contributed by atoms with van der Waals surface area (Å²) in [7, 11) is 0. The Kier molecular flexibility index (Phi) is 7.64. The van der Waals surface area contributed by atoms with Crippen LogP contribution in [0.5, 0.6) is 0 Å². The number of rotatable bonds is 8. The van der Waals surface area contributed by atoms with Crippen molar-refractivity contribution in [2.45, 2.75) is 0 Å². The maximum absolute atomic E-state index is 8.32. The predicted molar refractivity (Wildman–Crippen MR) is 169 cm³/mol. The molecule has 0 aliphatic carbocycles. The molecule has 6 aromatic rings. The first kappa shape index (κ1) is 25.6.